The summed E-state index contributed by atoms with van der Waals surface area (Å²) in [6, 6.07) is 0. The molecule has 26 valence electrons. The number of hydrogen-bond acceptors (Lipinski definition) is 0. The molecule has 0 saturated carbocycles. The zero-order chi connectivity index (χ0) is 4.12. The summed E-state index contributed by atoms with van der Waals surface area (Å²) in [7, 11) is 5.35. The first kappa shape index (κ1) is 5.80. The SMILES string of the molecule is C/C=[CH]/[Mg][Cl]. The van der Waals surface area contributed by atoms with E-state index in [0.717, 1.165) is 0 Å². The summed E-state index contributed by atoms with van der Waals surface area (Å²) in [5.74, 6) is 0. The highest BCUT2D eigenvalue weighted by atomic mass is 35.5. The minimum absolute atomic E-state index is 0.294. The van der Waals surface area contributed by atoms with Gasteiger partial charge in [0.25, 0.3) is 0 Å². The van der Waals surface area contributed by atoms with E-state index in [4.69, 9.17) is 9.07 Å². The molecule has 0 radical (unpaired) electrons. The lowest BCUT2D eigenvalue weighted by molar-refractivity contribution is 1.78. The van der Waals surface area contributed by atoms with Crippen LogP contribution in [0.4, 0.5) is 0 Å². The number of hydrogen-bond donors (Lipinski definition) is 0. The topological polar surface area (TPSA) is 0 Å². The Morgan fingerprint density at radius 3 is 2.40 bits per heavy atom. The van der Waals surface area contributed by atoms with Crippen LogP contribution in [0.1, 0.15) is 6.92 Å². The van der Waals surface area contributed by atoms with E-state index >= 15 is 0 Å². The summed E-state index contributed by atoms with van der Waals surface area (Å²) < 4.78 is 2.03. The van der Waals surface area contributed by atoms with Crippen molar-refractivity contribution in [2.75, 3.05) is 0 Å². The zero-order valence-corrected chi connectivity index (χ0v) is 5.41. The van der Waals surface area contributed by atoms with E-state index in [1.807, 2.05) is 17.2 Å². The van der Waals surface area contributed by atoms with E-state index in [0.29, 0.717) is 0 Å². The monoisotopic (exact) mass is 100.0 g/mol. The molecule has 0 saturated heterocycles. The predicted octanol–water partition coefficient (Wildman–Crippen LogP) is 1.38. The molecule has 0 fully saturated rings. The van der Waals surface area contributed by atoms with Gasteiger partial charge in [0.1, 0.15) is 0 Å². The second-order valence-corrected chi connectivity index (χ2v) is 2.43. The Hall–Kier alpha value is 0.796. The first-order chi connectivity index (χ1) is 2.41. The van der Waals surface area contributed by atoms with Crippen LogP contribution < -0.4 is 0 Å². The van der Waals surface area contributed by atoms with Crippen molar-refractivity contribution in [3.8, 4) is 0 Å². The van der Waals surface area contributed by atoms with E-state index in [2.05, 4.69) is 0 Å². The Morgan fingerprint density at radius 1 is 1.80 bits per heavy atom. The molecule has 0 atom stereocenters. The third-order valence-corrected chi connectivity index (χ3v) is 1.51. The average molecular weight is 101 g/mol. The smallest absolute Gasteiger partial charge is 0.336 e. The lowest BCUT2D eigenvalue weighted by Gasteiger charge is -1.58. The fourth-order valence-corrected chi connectivity index (χ4v) is 0.802. The number of allylic oxidation sites excluding steroid dienone is 1. The molecule has 0 aromatic rings. The molecule has 0 aromatic heterocycles. The summed E-state index contributed by atoms with van der Waals surface area (Å²) in [6.45, 7) is 1.98. The van der Waals surface area contributed by atoms with Crippen molar-refractivity contribution in [3.05, 3.63) is 10.3 Å². The largest absolute Gasteiger partial charge is 0.530 e. The summed E-state index contributed by atoms with van der Waals surface area (Å²) in [4.78, 5) is 0. The standard InChI is InChI=1S/C3H5.ClH.Mg/c1-3-2;;/h1,3H,2H3;1H;/q;;+1/p-1. The second kappa shape index (κ2) is 4.80. The normalized spacial score (nSPS) is 8.40. The maximum Gasteiger partial charge on any atom is 0.530 e. The molecule has 0 nitrogen and oxygen atoms in total. The van der Waals surface area contributed by atoms with Gasteiger partial charge < -0.3 is 9.07 Å². The van der Waals surface area contributed by atoms with Gasteiger partial charge in [-0.3, -0.25) is 0 Å². The lowest BCUT2D eigenvalue weighted by Crippen LogP contribution is -1.58. The van der Waals surface area contributed by atoms with Crippen LogP contribution in [-0.2, 0) is 0 Å². The second-order valence-electron chi connectivity index (χ2n) is 0.723. The van der Waals surface area contributed by atoms with Gasteiger partial charge in [-0.1, -0.05) is 0 Å². The molecule has 0 aliphatic heterocycles. The highest BCUT2D eigenvalue weighted by molar-refractivity contribution is 6.96. The van der Waals surface area contributed by atoms with Gasteiger partial charge in [-0.2, -0.15) is 4.21 Å². The van der Waals surface area contributed by atoms with Crippen LogP contribution in [0.2, 0.25) is 0 Å². The van der Waals surface area contributed by atoms with Gasteiger partial charge in [-0.15, -0.1) is 6.08 Å². The summed E-state index contributed by atoms with van der Waals surface area (Å²) in [5, 5.41) is 0. The van der Waals surface area contributed by atoms with Gasteiger partial charge in [-0.05, 0) is 6.92 Å². The van der Waals surface area contributed by atoms with Crippen LogP contribution in [0.25, 0.3) is 0 Å². The maximum atomic E-state index is 5.35. The van der Waals surface area contributed by atoms with Gasteiger partial charge in [0.15, 0.2) is 0 Å². The van der Waals surface area contributed by atoms with Crippen LogP contribution in [0.5, 0.6) is 0 Å². The molecule has 0 aliphatic carbocycles. The van der Waals surface area contributed by atoms with Gasteiger partial charge >= 0.3 is 19.3 Å². The first-order valence-corrected chi connectivity index (χ1v) is 4.54. The van der Waals surface area contributed by atoms with Crippen LogP contribution >= 0.6 is 9.07 Å². The molecule has 5 heavy (non-hydrogen) atoms. The van der Waals surface area contributed by atoms with Crippen molar-refractivity contribution in [2.24, 2.45) is 0 Å². The van der Waals surface area contributed by atoms with Crippen LogP contribution in [0.15, 0.2) is 10.3 Å². The zero-order valence-electron chi connectivity index (χ0n) is 3.24. The third-order valence-electron chi connectivity index (χ3n) is 0.325. The van der Waals surface area contributed by atoms with Crippen molar-refractivity contribution >= 4 is 28.3 Å². The van der Waals surface area contributed by atoms with E-state index in [-0.39, 0.29) is 19.3 Å². The van der Waals surface area contributed by atoms with Crippen LogP contribution in [0.3, 0.4) is 0 Å². The number of halogens is 1. The van der Waals surface area contributed by atoms with Crippen molar-refractivity contribution in [1.82, 2.24) is 0 Å². The highest BCUT2D eigenvalue weighted by Crippen LogP contribution is 1.68. The van der Waals surface area contributed by atoms with E-state index in [1.165, 1.54) is 0 Å². The van der Waals surface area contributed by atoms with Gasteiger partial charge in [0.05, 0.1) is 0 Å². The molecule has 0 heterocycles. The minimum Gasteiger partial charge on any atom is -0.336 e. The third kappa shape index (κ3) is 4.80. The minimum atomic E-state index is -0.294. The Balaban J connectivity index is 2.62. The molecule has 0 amide bonds. The van der Waals surface area contributed by atoms with Crippen LogP contribution in [-0.4, -0.2) is 19.3 Å². The summed E-state index contributed by atoms with van der Waals surface area (Å²) >= 11 is -0.294. The fourth-order valence-electron chi connectivity index (χ4n) is 0.0891. The van der Waals surface area contributed by atoms with Gasteiger partial charge in [0, 0.05) is 0 Å². The Morgan fingerprint density at radius 2 is 2.40 bits per heavy atom. The van der Waals surface area contributed by atoms with Crippen molar-refractivity contribution in [3.63, 3.8) is 0 Å². The lowest BCUT2D eigenvalue weighted by atomic mass is 10.8. The Kier molecular flexibility index (Phi) is 5.56. The molecule has 0 rings (SSSR count). The van der Waals surface area contributed by atoms with Crippen molar-refractivity contribution in [2.45, 2.75) is 6.92 Å². The molecule has 0 unspecified atom stereocenters. The molecule has 0 bridgehead atoms. The summed E-state index contributed by atoms with van der Waals surface area (Å²) in [6.07, 6.45) is 1.99. The maximum absolute atomic E-state index is 5.35. The van der Waals surface area contributed by atoms with Crippen molar-refractivity contribution in [1.29, 1.82) is 0 Å². The van der Waals surface area contributed by atoms with Gasteiger partial charge in [0.2, 0.25) is 0 Å². The average Bonchev–Trinajstić information content (AvgIpc) is 1.41. The molecule has 2 heteroatoms. The highest BCUT2D eigenvalue weighted by Gasteiger charge is 1.70. The van der Waals surface area contributed by atoms with Crippen molar-refractivity contribution < 1.29 is 0 Å². The van der Waals surface area contributed by atoms with E-state index in [1.54, 1.807) is 0 Å². The molecule has 0 aliphatic rings. The fraction of sp³-hybridized carbons (Fsp3) is 0.333. The molecular weight excluding hydrogens is 95.8 g/mol. The first-order valence-electron chi connectivity index (χ1n) is 1.59. The van der Waals surface area contributed by atoms with E-state index in [9.17, 15) is 0 Å². The Labute approximate surface area is 45.7 Å². The van der Waals surface area contributed by atoms with Crippen LogP contribution in [0, 0.1) is 0 Å². The van der Waals surface area contributed by atoms with Gasteiger partial charge in [-0.25, -0.2) is 0 Å². The molecular formula is C3H5ClMg. The summed E-state index contributed by atoms with van der Waals surface area (Å²) in [5.41, 5.74) is 0. The Bertz CT molecular complexity index is 33.9. The number of rotatable bonds is 1. The van der Waals surface area contributed by atoms with E-state index < -0.39 is 0 Å². The predicted molar refractivity (Wildman–Crippen MR) is 26.4 cm³/mol. The molecule has 0 spiro atoms. The quantitative estimate of drug-likeness (QED) is 0.437. The molecule has 0 aromatic carbocycles. The molecule has 0 N–H and O–H groups in total.